The third-order valence-corrected chi connectivity index (χ3v) is 4.61. The molecule has 0 amide bonds. The molecule has 1 saturated heterocycles. The van der Waals surface area contributed by atoms with Gasteiger partial charge < -0.3 is 9.80 Å². The Morgan fingerprint density at radius 1 is 1.00 bits per heavy atom. The fraction of sp³-hybridized carbons (Fsp3) is 0.333. The van der Waals surface area contributed by atoms with E-state index in [4.69, 9.17) is 0 Å². The van der Waals surface area contributed by atoms with Gasteiger partial charge in [-0.15, -0.1) is 0 Å². The highest BCUT2D eigenvalue weighted by molar-refractivity contribution is 5.52. The van der Waals surface area contributed by atoms with E-state index in [1.807, 2.05) is 0 Å². The summed E-state index contributed by atoms with van der Waals surface area (Å²) in [6.07, 6.45) is 2.32. The second-order valence-electron chi connectivity index (χ2n) is 6.65. The molecule has 23 heavy (non-hydrogen) atoms. The molecular weight excluding hydrogens is 280 g/mol. The Kier molecular flexibility index (Phi) is 5.14. The van der Waals surface area contributed by atoms with Crippen LogP contribution in [-0.2, 0) is 0 Å². The zero-order valence-electron chi connectivity index (χ0n) is 14.3. The Labute approximate surface area is 140 Å². The van der Waals surface area contributed by atoms with Crippen LogP contribution in [0.2, 0.25) is 0 Å². The van der Waals surface area contributed by atoms with Gasteiger partial charge in [-0.1, -0.05) is 54.1 Å². The number of nitrogens with zero attached hydrogens (tertiary/aromatic N) is 1. The molecule has 2 heteroatoms. The zero-order valence-corrected chi connectivity index (χ0v) is 14.3. The Bertz CT molecular complexity index is 635. The predicted octanol–water partition coefficient (Wildman–Crippen LogP) is 2.80. The van der Waals surface area contributed by atoms with Crippen molar-refractivity contribution in [1.82, 2.24) is 0 Å². The van der Waals surface area contributed by atoms with Crippen molar-refractivity contribution in [3.8, 4) is 0 Å². The fourth-order valence-corrected chi connectivity index (χ4v) is 3.29. The molecule has 2 aromatic carbocycles. The molecule has 0 atom stereocenters. The van der Waals surface area contributed by atoms with Crippen LogP contribution < -0.4 is 9.80 Å². The van der Waals surface area contributed by atoms with Crippen molar-refractivity contribution in [2.75, 3.05) is 37.6 Å². The SMILES string of the molecule is C/C(=C\c1ccccc1)C[NH+]1CCN(c2ccc(C)cc2)CC1. The van der Waals surface area contributed by atoms with E-state index >= 15 is 0 Å². The lowest BCUT2D eigenvalue weighted by Crippen LogP contribution is -3.15. The number of aryl methyl sites for hydroxylation is 1. The Hall–Kier alpha value is -2.06. The maximum atomic E-state index is 2.51. The van der Waals surface area contributed by atoms with Gasteiger partial charge in [-0.25, -0.2) is 0 Å². The Morgan fingerprint density at radius 2 is 1.65 bits per heavy atom. The van der Waals surface area contributed by atoms with Gasteiger partial charge in [0.2, 0.25) is 0 Å². The molecule has 1 aliphatic rings. The monoisotopic (exact) mass is 307 g/mol. The van der Waals surface area contributed by atoms with E-state index < -0.39 is 0 Å². The molecular formula is C21H27N2+. The summed E-state index contributed by atoms with van der Waals surface area (Å²) in [6.45, 7) is 10.3. The van der Waals surface area contributed by atoms with Crippen LogP contribution in [0.3, 0.4) is 0 Å². The minimum atomic E-state index is 1.15. The van der Waals surface area contributed by atoms with Gasteiger partial charge in [0.15, 0.2) is 0 Å². The molecule has 0 bridgehead atoms. The number of hydrogen-bond donors (Lipinski definition) is 1. The molecule has 1 aliphatic heterocycles. The van der Waals surface area contributed by atoms with Gasteiger partial charge in [0.1, 0.15) is 0 Å². The third-order valence-electron chi connectivity index (χ3n) is 4.61. The van der Waals surface area contributed by atoms with E-state index in [9.17, 15) is 0 Å². The van der Waals surface area contributed by atoms with Gasteiger partial charge in [-0.05, 0) is 37.1 Å². The summed E-state index contributed by atoms with van der Waals surface area (Å²) in [4.78, 5) is 4.21. The summed E-state index contributed by atoms with van der Waals surface area (Å²) in [5.74, 6) is 0. The van der Waals surface area contributed by atoms with Crippen molar-refractivity contribution in [2.45, 2.75) is 13.8 Å². The van der Waals surface area contributed by atoms with Crippen LogP contribution in [0.25, 0.3) is 6.08 Å². The van der Waals surface area contributed by atoms with E-state index in [1.54, 1.807) is 4.90 Å². The molecule has 2 aromatic rings. The van der Waals surface area contributed by atoms with Crippen LogP contribution in [0.5, 0.6) is 0 Å². The molecule has 0 saturated carbocycles. The lowest BCUT2D eigenvalue weighted by Gasteiger charge is -2.34. The molecule has 1 heterocycles. The number of piperazine rings is 1. The summed E-state index contributed by atoms with van der Waals surface area (Å²) in [7, 11) is 0. The van der Waals surface area contributed by atoms with Crippen molar-refractivity contribution in [2.24, 2.45) is 0 Å². The number of hydrogen-bond acceptors (Lipinski definition) is 1. The minimum Gasteiger partial charge on any atom is -0.360 e. The van der Waals surface area contributed by atoms with Crippen LogP contribution in [0.4, 0.5) is 5.69 Å². The first-order chi connectivity index (χ1) is 11.2. The highest BCUT2D eigenvalue weighted by Gasteiger charge is 2.20. The molecule has 1 fully saturated rings. The van der Waals surface area contributed by atoms with Crippen molar-refractivity contribution in [1.29, 1.82) is 0 Å². The molecule has 0 radical (unpaired) electrons. The van der Waals surface area contributed by atoms with Crippen LogP contribution in [0, 0.1) is 6.92 Å². The molecule has 3 rings (SSSR count). The van der Waals surface area contributed by atoms with Crippen LogP contribution in [0.1, 0.15) is 18.1 Å². The molecule has 2 nitrogen and oxygen atoms in total. The first kappa shape index (κ1) is 15.8. The number of benzene rings is 2. The first-order valence-corrected chi connectivity index (χ1v) is 8.58. The summed E-state index contributed by atoms with van der Waals surface area (Å²) in [6, 6.07) is 19.5. The fourth-order valence-electron chi connectivity index (χ4n) is 3.29. The summed E-state index contributed by atoms with van der Waals surface area (Å²) < 4.78 is 0. The maximum Gasteiger partial charge on any atom is 0.0989 e. The summed E-state index contributed by atoms with van der Waals surface area (Å²) >= 11 is 0. The van der Waals surface area contributed by atoms with E-state index in [0.717, 1.165) is 19.6 Å². The second-order valence-corrected chi connectivity index (χ2v) is 6.65. The van der Waals surface area contributed by atoms with Crippen LogP contribution in [0.15, 0.2) is 60.2 Å². The lowest BCUT2D eigenvalue weighted by molar-refractivity contribution is -0.895. The van der Waals surface area contributed by atoms with Crippen molar-refractivity contribution in [3.63, 3.8) is 0 Å². The molecule has 1 N–H and O–H groups in total. The maximum absolute atomic E-state index is 2.51. The number of nitrogens with one attached hydrogen (secondary N) is 1. The van der Waals surface area contributed by atoms with E-state index in [2.05, 4.69) is 79.4 Å². The third kappa shape index (κ3) is 4.46. The predicted molar refractivity (Wildman–Crippen MR) is 99.0 cm³/mol. The Balaban J connectivity index is 1.53. The van der Waals surface area contributed by atoms with Crippen LogP contribution >= 0.6 is 0 Å². The van der Waals surface area contributed by atoms with Gasteiger partial charge >= 0.3 is 0 Å². The topological polar surface area (TPSA) is 7.68 Å². The largest absolute Gasteiger partial charge is 0.360 e. The van der Waals surface area contributed by atoms with Gasteiger partial charge in [0, 0.05) is 5.69 Å². The normalized spacial score (nSPS) is 16.6. The van der Waals surface area contributed by atoms with E-state index in [1.165, 1.54) is 35.5 Å². The van der Waals surface area contributed by atoms with Crippen molar-refractivity contribution >= 4 is 11.8 Å². The average molecular weight is 307 g/mol. The average Bonchev–Trinajstić information content (AvgIpc) is 2.57. The smallest absolute Gasteiger partial charge is 0.0989 e. The molecule has 0 spiro atoms. The van der Waals surface area contributed by atoms with Crippen molar-refractivity contribution < 1.29 is 4.90 Å². The Morgan fingerprint density at radius 3 is 2.30 bits per heavy atom. The highest BCUT2D eigenvalue weighted by Crippen LogP contribution is 2.14. The lowest BCUT2D eigenvalue weighted by atomic mass is 10.1. The number of quaternary nitrogens is 1. The minimum absolute atomic E-state index is 1.15. The quantitative estimate of drug-likeness (QED) is 0.913. The van der Waals surface area contributed by atoms with Gasteiger partial charge in [-0.2, -0.15) is 0 Å². The summed E-state index contributed by atoms with van der Waals surface area (Å²) in [5, 5.41) is 0. The highest BCUT2D eigenvalue weighted by atomic mass is 15.3. The van der Waals surface area contributed by atoms with Gasteiger partial charge in [0.05, 0.1) is 32.7 Å². The zero-order chi connectivity index (χ0) is 16.1. The molecule has 0 aromatic heterocycles. The van der Waals surface area contributed by atoms with E-state index in [-0.39, 0.29) is 0 Å². The summed E-state index contributed by atoms with van der Waals surface area (Å²) in [5.41, 5.74) is 5.48. The standard InChI is InChI=1S/C21H26N2/c1-18-8-10-21(11-9-18)23-14-12-22(13-15-23)17-19(2)16-20-6-4-3-5-7-20/h3-11,16H,12-15,17H2,1-2H3/p+1/b19-16+. The van der Waals surface area contributed by atoms with Gasteiger partial charge in [0.25, 0.3) is 0 Å². The molecule has 0 unspecified atom stereocenters. The number of rotatable bonds is 4. The van der Waals surface area contributed by atoms with Gasteiger partial charge in [-0.3, -0.25) is 0 Å². The first-order valence-electron chi connectivity index (χ1n) is 8.58. The molecule has 120 valence electrons. The second kappa shape index (κ2) is 7.47. The van der Waals surface area contributed by atoms with E-state index in [0.29, 0.717) is 0 Å². The van der Waals surface area contributed by atoms with Crippen LogP contribution in [-0.4, -0.2) is 32.7 Å². The van der Waals surface area contributed by atoms with Crippen molar-refractivity contribution in [3.05, 3.63) is 71.3 Å². The number of anilines is 1. The molecule has 0 aliphatic carbocycles.